The van der Waals surface area contributed by atoms with Crippen LogP contribution < -0.4 is 5.46 Å². The average molecular weight is 149 g/mol. The topological polar surface area (TPSA) is 29.4 Å². The average Bonchev–Trinajstić information content (AvgIpc) is 1.95. The van der Waals surface area contributed by atoms with Gasteiger partial charge in [-0.1, -0.05) is 22.8 Å². The molecule has 2 radical (unpaired) electrons. The van der Waals surface area contributed by atoms with E-state index in [9.17, 15) is 9.30 Å². The zero-order valence-corrected chi connectivity index (χ0v) is 5.75. The SMILES string of the molecule is [B]c1ccc(CN=O)c(F)c1. The fraction of sp³-hybridized carbons (Fsp3) is 0.143. The Morgan fingerprint density at radius 2 is 2.27 bits per heavy atom. The second kappa shape index (κ2) is 3.28. The molecule has 0 aliphatic rings. The van der Waals surface area contributed by atoms with E-state index in [4.69, 9.17) is 7.85 Å². The highest BCUT2D eigenvalue weighted by atomic mass is 19.1. The molecule has 11 heavy (non-hydrogen) atoms. The van der Waals surface area contributed by atoms with E-state index in [1.807, 2.05) is 0 Å². The minimum atomic E-state index is -0.482. The van der Waals surface area contributed by atoms with Gasteiger partial charge in [0.1, 0.15) is 20.2 Å². The van der Waals surface area contributed by atoms with Gasteiger partial charge in [0.25, 0.3) is 0 Å². The summed E-state index contributed by atoms with van der Waals surface area (Å²) in [5.74, 6) is -0.482. The summed E-state index contributed by atoms with van der Waals surface area (Å²) in [6, 6.07) is 4.15. The molecule has 0 saturated heterocycles. The number of hydrogen-bond acceptors (Lipinski definition) is 2. The van der Waals surface area contributed by atoms with Gasteiger partial charge >= 0.3 is 0 Å². The second-order valence-electron chi connectivity index (χ2n) is 2.14. The highest BCUT2D eigenvalue weighted by Crippen LogP contribution is 2.05. The van der Waals surface area contributed by atoms with Crippen molar-refractivity contribution in [1.29, 1.82) is 0 Å². The van der Waals surface area contributed by atoms with Crippen LogP contribution in [0.2, 0.25) is 0 Å². The summed E-state index contributed by atoms with van der Waals surface area (Å²) in [4.78, 5) is 9.76. The van der Waals surface area contributed by atoms with Gasteiger partial charge in [-0.2, -0.15) is 4.91 Å². The van der Waals surface area contributed by atoms with Gasteiger partial charge in [-0.05, 0) is 6.07 Å². The number of benzene rings is 1. The van der Waals surface area contributed by atoms with Crippen LogP contribution in [0.5, 0.6) is 0 Å². The number of rotatable bonds is 2. The lowest BCUT2D eigenvalue weighted by molar-refractivity contribution is 0.611. The van der Waals surface area contributed by atoms with E-state index in [1.165, 1.54) is 18.2 Å². The van der Waals surface area contributed by atoms with Crippen molar-refractivity contribution in [3.05, 3.63) is 34.5 Å². The van der Waals surface area contributed by atoms with Crippen LogP contribution in [0.1, 0.15) is 5.56 Å². The lowest BCUT2D eigenvalue weighted by Crippen LogP contribution is -2.03. The molecule has 0 aliphatic carbocycles. The van der Waals surface area contributed by atoms with E-state index < -0.39 is 5.82 Å². The number of halogens is 1. The van der Waals surface area contributed by atoms with Crippen molar-refractivity contribution in [2.75, 3.05) is 0 Å². The van der Waals surface area contributed by atoms with Crippen molar-refractivity contribution < 1.29 is 4.39 Å². The summed E-state index contributed by atoms with van der Waals surface area (Å²) in [6.45, 7) is -0.147. The van der Waals surface area contributed by atoms with Crippen LogP contribution in [-0.2, 0) is 6.54 Å². The Hall–Kier alpha value is -1.19. The molecule has 1 aromatic rings. The van der Waals surface area contributed by atoms with Crippen molar-refractivity contribution in [1.82, 2.24) is 0 Å². The third kappa shape index (κ3) is 1.87. The van der Waals surface area contributed by atoms with E-state index >= 15 is 0 Å². The van der Waals surface area contributed by atoms with Crippen molar-refractivity contribution in [2.45, 2.75) is 6.54 Å². The van der Waals surface area contributed by atoms with Crippen molar-refractivity contribution in [3.63, 3.8) is 0 Å². The van der Waals surface area contributed by atoms with Crippen LogP contribution in [0.3, 0.4) is 0 Å². The molecular formula is C7H5BFNO. The van der Waals surface area contributed by atoms with Crippen LogP contribution in [0.4, 0.5) is 4.39 Å². The minimum absolute atomic E-state index is 0.147. The molecule has 0 saturated carbocycles. The first-order valence-corrected chi connectivity index (χ1v) is 3.07. The van der Waals surface area contributed by atoms with Crippen LogP contribution in [-0.4, -0.2) is 7.85 Å². The van der Waals surface area contributed by atoms with Gasteiger partial charge in [-0.25, -0.2) is 4.39 Å². The molecule has 0 heterocycles. The van der Waals surface area contributed by atoms with Crippen LogP contribution >= 0.6 is 0 Å². The molecule has 0 spiro atoms. The summed E-state index contributed by atoms with van der Waals surface area (Å²) < 4.78 is 12.8. The van der Waals surface area contributed by atoms with Crippen LogP contribution in [0.15, 0.2) is 23.4 Å². The Kier molecular flexibility index (Phi) is 2.36. The maximum atomic E-state index is 12.8. The molecule has 0 bridgehead atoms. The molecule has 0 aliphatic heterocycles. The summed E-state index contributed by atoms with van der Waals surface area (Å²) in [7, 11) is 5.27. The molecule has 0 aromatic heterocycles. The Labute approximate surface area is 64.8 Å². The second-order valence-corrected chi connectivity index (χ2v) is 2.14. The molecule has 0 amide bonds. The lowest BCUT2D eigenvalue weighted by atomic mass is 9.95. The van der Waals surface area contributed by atoms with Gasteiger partial charge < -0.3 is 0 Å². The lowest BCUT2D eigenvalue weighted by Gasteiger charge is -1.97. The zero-order chi connectivity index (χ0) is 8.27. The van der Waals surface area contributed by atoms with Crippen molar-refractivity contribution >= 4 is 13.3 Å². The van der Waals surface area contributed by atoms with E-state index in [2.05, 4.69) is 5.18 Å². The van der Waals surface area contributed by atoms with E-state index in [1.54, 1.807) is 0 Å². The molecule has 0 N–H and O–H groups in total. The first-order valence-electron chi connectivity index (χ1n) is 3.07. The van der Waals surface area contributed by atoms with Crippen molar-refractivity contribution in [3.8, 4) is 0 Å². The first kappa shape index (κ1) is 7.92. The number of nitrogens with zero attached hydrogens (tertiary/aromatic N) is 1. The van der Waals surface area contributed by atoms with Gasteiger partial charge in [0.2, 0.25) is 0 Å². The summed E-state index contributed by atoms with van der Waals surface area (Å²) >= 11 is 0. The summed E-state index contributed by atoms with van der Waals surface area (Å²) in [6.07, 6.45) is 0. The molecule has 0 atom stereocenters. The normalized spacial score (nSPS) is 9.55. The monoisotopic (exact) mass is 149 g/mol. The fourth-order valence-electron chi connectivity index (χ4n) is 0.761. The third-order valence-electron chi connectivity index (χ3n) is 1.31. The number of nitroso groups, excluding NO2 is 1. The quantitative estimate of drug-likeness (QED) is 0.453. The van der Waals surface area contributed by atoms with E-state index in [0.29, 0.717) is 5.46 Å². The summed E-state index contributed by atoms with van der Waals surface area (Å²) in [5, 5.41) is 2.57. The molecule has 0 fully saturated rings. The molecule has 54 valence electrons. The standard InChI is InChI=1S/C7H5BFNO/c8-6-2-1-5(4-10-11)7(9)3-6/h1-3H,4H2. The van der Waals surface area contributed by atoms with Gasteiger partial charge in [0.05, 0.1) is 0 Å². The van der Waals surface area contributed by atoms with E-state index in [-0.39, 0.29) is 12.1 Å². The minimum Gasteiger partial charge on any atom is -0.207 e. The maximum absolute atomic E-state index is 12.8. The molecule has 1 aromatic carbocycles. The molecule has 2 nitrogen and oxygen atoms in total. The predicted molar refractivity (Wildman–Crippen MR) is 41.3 cm³/mol. The molecular weight excluding hydrogens is 144 g/mol. The zero-order valence-electron chi connectivity index (χ0n) is 5.75. The maximum Gasteiger partial charge on any atom is 0.127 e. The van der Waals surface area contributed by atoms with Gasteiger partial charge in [-0.3, -0.25) is 0 Å². The Balaban J connectivity index is 2.98. The van der Waals surface area contributed by atoms with Crippen molar-refractivity contribution in [2.24, 2.45) is 5.18 Å². The van der Waals surface area contributed by atoms with Crippen LogP contribution in [0, 0.1) is 10.7 Å². The first-order chi connectivity index (χ1) is 5.24. The number of hydrogen-bond donors (Lipinski definition) is 0. The molecule has 1 rings (SSSR count). The highest BCUT2D eigenvalue weighted by Gasteiger charge is 2.00. The summed E-state index contributed by atoms with van der Waals surface area (Å²) in [5.41, 5.74) is 0.617. The third-order valence-corrected chi connectivity index (χ3v) is 1.31. The Morgan fingerprint density at radius 1 is 1.55 bits per heavy atom. The van der Waals surface area contributed by atoms with Gasteiger partial charge in [-0.15, -0.1) is 0 Å². The van der Waals surface area contributed by atoms with Crippen LogP contribution in [0.25, 0.3) is 0 Å². The predicted octanol–water partition coefficient (Wildman–Crippen LogP) is 0.886. The molecule has 4 heteroatoms. The Morgan fingerprint density at radius 3 is 2.82 bits per heavy atom. The van der Waals surface area contributed by atoms with Gasteiger partial charge in [0, 0.05) is 5.56 Å². The fourth-order valence-corrected chi connectivity index (χ4v) is 0.761. The largest absolute Gasteiger partial charge is 0.207 e. The molecule has 0 unspecified atom stereocenters. The van der Waals surface area contributed by atoms with Gasteiger partial charge in [0.15, 0.2) is 0 Å². The van der Waals surface area contributed by atoms with E-state index in [0.717, 1.165) is 0 Å². The smallest absolute Gasteiger partial charge is 0.127 e. The Bertz CT molecular complexity index is 277. The highest BCUT2D eigenvalue weighted by molar-refractivity contribution is 6.32.